The monoisotopic (exact) mass is 368 g/mol. The number of nitrogens with zero attached hydrogens (tertiary/aromatic N) is 1. The van der Waals surface area contributed by atoms with Gasteiger partial charge in [-0.25, -0.2) is 4.39 Å². The van der Waals surface area contributed by atoms with Gasteiger partial charge in [0.2, 0.25) is 5.91 Å². The lowest BCUT2D eigenvalue weighted by Gasteiger charge is -2.20. The number of fused-ring (bicyclic) bond motifs is 2. The first-order valence-corrected chi connectivity index (χ1v) is 8.71. The number of benzene rings is 2. The predicted molar refractivity (Wildman–Crippen MR) is 93.8 cm³/mol. The first-order chi connectivity index (χ1) is 13.0. The predicted octanol–water partition coefficient (Wildman–Crippen LogP) is 2.45. The Bertz CT molecular complexity index is 908. The molecule has 0 bridgehead atoms. The largest absolute Gasteiger partial charge is 0.493 e. The topological polar surface area (TPSA) is 75.7 Å². The highest BCUT2D eigenvalue weighted by atomic mass is 19.1. The van der Waals surface area contributed by atoms with Gasteiger partial charge in [0.15, 0.2) is 0 Å². The van der Waals surface area contributed by atoms with Crippen LogP contribution < -0.4 is 10.1 Å². The van der Waals surface area contributed by atoms with Crippen molar-refractivity contribution in [1.82, 2.24) is 10.2 Å². The second kappa shape index (κ2) is 6.83. The van der Waals surface area contributed by atoms with Crippen molar-refractivity contribution in [2.75, 3.05) is 13.2 Å². The molecule has 2 aliphatic rings. The molecule has 0 aliphatic carbocycles. The van der Waals surface area contributed by atoms with Crippen LogP contribution in [0.1, 0.15) is 45.2 Å². The second-order valence-electron chi connectivity index (χ2n) is 6.53. The number of nitrogens with one attached hydrogen (secondary N) is 1. The maximum absolute atomic E-state index is 13.7. The third-order valence-corrected chi connectivity index (χ3v) is 4.76. The number of imide groups is 1. The molecule has 138 valence electrons. The molecule has 7 heteroatoms. The zero-order chi connectivity index (χ0) is 19.0. The average molecular weight is 368 g/mol. The Labute approximate surface area is 154 Å². The van der Waals surface area contributed by atoms with E-state index in [9.17, 15) is 18.8 Å². The van der Waals surface area contributed by atoms with E-state index in [1.165, 1.54) is 12.1 Å². The third-order valence-electron chi connectivity index (χ3n) is 4.76. The maximum atomic E-state index is 13.7. The van der Waals surface area contributed by atoms with E-state index in [-0.39, 0.29) is 6.54 Å². The van der Waals surface area contributed by atoms with Gasteiger partial charge in [-0.05, 0) is 43.2 Å². The molecule has 0 fully saturated rings. The number of amides is 3. The quantitative estimate of drug-likeness (QED) is 0.845. The van der Waals surface area contributed by atoms with Gasteiger partial charge in [0.1, 0.15) is 18.1 Å². The number of carbonyl (C=O) groups excluding carboxylic acids is 3. The van der Waals surface area contributed by atoms with Crippen molar-refractivity contribution in [1.29, 1.82) is 0 Å². The van der Waals surface area contributed by atoms with Gasteiger partial charge in [-0.15, -0.1) is 0 Å². The van der Waals surface area contributed by atoms with Gasteiger partial charge in [0.05, 0.1) is 23.8 Å². The first kappa shape index (κ1) is 17.2. The number of hydrogen-bond acceptors (Lipinski definition) is 4. The fourth-order valence-corrected chi connectivity index (χ4v) is 3.46. The highest BCUT2D eigenvalue weighted by molar-refractivity contribution is 6.22. The molecule has 1 N–H and O–H groups in total. The summed E-state index contributed by atoms with van der Waals surface area (Å²) >= 11 is 0. The summed E-state index contributed by atoms with van der Waals surface area (Å²) in [6.07, 6.45) is 1.26. The smallest absolute Gasteiger partial charge is 0.262 e. The molecule has 0 saturated carbocycles. The van der Waals surface area contributed by atoms with E-state index >= 15 is 0 Å². The van der Waals surface area contributed by atoms with Crippen molar-refractivity contribution >= 4 is 17.7 Å². The molecule has 2 aliphatic heterocycles. The number of hydrogen-bond donors (Lipinski definition) is 1. The maximum Gasteiger partial charge on any atom is 0.262 e. The van der Waals surface area contributed by atoms with E-state index in [0.29, 0.717) is 41.9 Å². The molecule has 2 aromatic carbocycles. The van der Waals surface area contributed by atoms with Crippen molar-refractivity contribution in [2.45, 2.75) is 18.9 Å². The molecule has 2 aromatic rings. The zero-order valence-electron chi connectivity index (χ0n) is 14.4. The molecule has 6 nitrogen and oxygen atoms in total. The van der Waals surface area contributed by atoms with Crippen LogP contribution in [0.15, 0.2) is 42.5 Å². The molecular weight excluding hydrogens is 351 g/mol. The zero-order valence-corrected chi connectivity index (χ0v) is 14.4. The summed E-state index contributed by atoms with van der Waals surface area (Å²) in [6.45, 7) is 0.0950. The summed E-state index contributed by atoms with van der Waals surface area (Å²) in [7, 11) is 0. The number of ether oxygens (including phenoxy) is 1. The number of carbonyl (C=O) groups is 3. The summed E-state index contributed by atoms with van der Waals surface area (Å²) in [5, 5.41) is 2.81. The minimum absolute atomic E-state index is 0.297. The van der Waals surface area contributed by atoms with Crippen LogP contribution in [0.4, 0.5) is 4.39 Å². The van der Waals surface area contributed by atoms with Crippen LogP contribution in [-0.2, 0) is 4.79 Å². The number of halogens is 1. The lowest BCUT2D eigenvalue weighted by atomic mass is 10.0. The van der Waals surface area contributed by atoms with Crippen LogP contribution in [0.2, 0.25) is 0 Å². The van der Waals surface area contributed by atoms with Crippen molar-refractivity contribution in [3.05, 3.63) is 65.0 Å². The van der Waals surface area contributed by atoms with E-state index < -0.39 is 29.6 Å². The molecule has 27 heavy (non-hydrogen) atoms. The summed E-state index contributed by atoms with van der Waals surface area (Å²) in [4.78, 5) is 38.2. The molecule has 2 heterocycles. The Hall–Kier alpha value is -3.22. The Kier molecular flexibility index (Phi) is 4.35. The lowest BCUT2D eigenvalue weighted by molar-refractivity contribution is -0.122. The molecular formula is C20H17FN2O4. The summed E-state index contributed by atoms with van der Waals surface area (Å²) in [5.41, 5.74) is 1.15. The first-order valence-electron chi connectivity index (χ1n) is 8.71. The van der Waals surface area contributed by atoms with Gasteiger partial charge in [-0.1, -0.05) is 12.1 Å². The fraction of sp³-hybridized carbons (Fsp3) is 0.250. The molecule has 0 radical (unpaired) electrons. The van der Waals surface area contributed by atoms with Gasteiger partial charge >= 0.3 is 0 Å². The molecule has 0 unspecified atom stereocenters. The fourth-order valence-electron chi connectivity index (χ4n) is 3.46. The van der Waals surface area contributed by atoms with Crippen LogP contribution in [0.25, 0.3) is 0 Å². The molecule has 0 spiro atoms. The normalized spacial score (nSPS) is 18.4. The summed E-state index contributed by atoms with van der Waals surface area (Å²) in [5.74, 6) is -1.34. The Morgan fingerprint density at radius 1 is 1.15 bits per heavy atom. The van der Waals surface area contributed by atoms with Crippen molar-refractivity contribution in [2.24, 2.45) is 0 Å². The van der Waals surface area contributed by atoms with E-state index in [1.54, 1.807) is 30.3 Å². The SMILES string of the molecule is O=C(CN1C(=O)c2ccccc2C1=O)N[C@@H]1CCCOc2ccc(F)cc21. The van der Waals surface area contributed by atoms with Gasteiger partial charge in [0, 0.05) is 5.56 Å². The van der Waals surface area contributed by atoms with Crippen LogP contribution in [0.5, 0.6) is 5.75 Å². The minimum atomic E-state index is -0.485. The van der Waals surface area contributed by atoms with Crippen LogP contribution in [0, 0.1) is 5.82 Å². The molecule has 4 rings (SSSR count). The number of rotatable bonds is 3. The Morgan fingerprint density at radius 2 is 1.85 bits per heavy atom. The van der Waals surface area contributed by atoms with Crippen molar-refractivity contribution in [3.63, 3.8) is 0 Å². The van der Waals surface area contributed by atoms with E-state index in [1.807, 2.05) is 0 Å². The molecule has 0 saturated heterocycles. The lowest BCUT2D eigenvalue weighted by Crippen LogP contribution is -2.41. The van der Waals surface area contributed by atoms with Crippen LogP contribution in [-0.4, -0.2) is 35.8 Å². The molecule has 0 aromatic heterocycles. The summed E-state index contributed by atoms with van der Waals surface area (Å²) < 4.78 is 19.2. The Morgan fingerprint density at radius 3 is 2.56 bits per heavy atom. The minimum Gasteiger partial charge on any atom is -0.493 e. The van der Waals surface area contributed by atoms with Crippen molar-refractivity contribution < 1.29 is 23.5 Å². The van der Waals surface area contributed by atoms with Crippen LogP contribution >= 0.6 is 0 Å². The standard InChI is InChI=1S/C20H17FN2O4/c21-12-7-8-17-15(10-12)16(6-3-9-27-17)22-18(24)11-23-19(25)13-4-1-2-5-14(13)20(23)26/h1-2,4-5,7-8,10,16H,3,6,9,11H2,(H,22,24)/t16-/m1/s1. The van der Waals surface area contributed by atoms with Gasteiger partial charge in [0.25, 0.3) is 11.8 Å². The van der Waals surface area contributed by atoms with Gasteiger partial charge in [-0.2, -0.15) is 0 Å². The molecule has 1 atom stereocenters. The van der Waals surface area contributed by atoms with Gasteiger partial charge in [-0.3, -0.25) is 19.3 Å². The van der Waals surface area contributed by atoms with Crippen molar-refractivity contribution in [3.8, 4) is 5.75 Å². The molecule has 3 amide bonds. The average Bonchev–Trinajstić information content (AvgIpc) is 2.80. The van der Waals surface area contributed by atoms with Crippen LogP contribution in [0.3, 0.4) is 0 Å². The Balaban J connectivity index is 1.50. The third kappa shape index (κ3) is 3.16. The highest BCUT2D eigenvalue weighted by Crippen LogP contribution is 2.32. The van der Waals surface area contributed by atoms with Gasteiger partial charge < -0.3 is 10.1 Å². The highest BCUT2D eigenvalue weighted by Gasteiger charge is 2.36. The van der Waals surface area contributed by atoms with E-state index in [0.717, 1.165) is 4.90 Å². The second-order valence-corrected chi connectivity index (χ2v) is 6.53. The summed E-state index contributed by atoms with van der Waals surface area (Å²) in [6, 6.07) is 10.2. The van der Waals surface area contributed by atoms with E-state index in [4.69, 9.17) is 4.74 Å². The van der Waals surface area contributed by atoms with E-state index in [2.05, 4.69) is 5.32 Å².